The van der Waals surface area contributed by atoms with Gasteiger partial charge in [-0.3, -0.25) is 4.90 Å². The average Bonchev–Trinajstić information content (AvgIpc) is 2.63. The molecule has 1 heterocycles. The van der Waals surface area contributed by atoms with Gasteiger partial charge in [-0.2, -0.15) is 17.5 Å². The molecule has 0 saturated carbocycles. The SMILES string of the molecule is Cc1ccc(C)c(S(=O)(=O)N2CCN(Cc3cccc(C(F)(F)F)c3)CC2)c1. The van der Waals surface area contributed by atoms with Gasteiger partial charge in [-0.1, -0.05) is 30.3 Å². The van der Waals surface area contributed by atoms with E-state index in [1.54, 1.807) is 25.1 Å². The van der Waals surface area contributed by atoms with Crippen LogP contribution in [0, 0.1) is 13.8 Å². The lowest BCUT2D eigenvalue weighted by molar-refractivity contribution is -0.137. The van der Waals surface area contributed by atoms with Gasteiger partial charge in [0.15, 0.2) is 0 Å². The zero-order chi connectivity index (χ0) is 20.5. The topological polar surface area (TPSA) is 40.6 Å². The van der Waals surface area contributed by atoms with E-state index in [1.165, 1.54) is 10.4 Å². The Kier molecular flexibility index (Phi) is 5.84. The van der Waals surface area contributed by atoms with E-state index in [2.05, 4.69) is 0 Å². The van der Waals surface area contributed by atoms with E-state index in [0.717, 1.165) is 17.7 Å². The zero-order valence-corrected chi connectivity index (χ0v) is 16.6. The molecule has 0 aliphatic carbocycles. The summed E-state index contributed by atoms with van der Waals surface area (Å²) in [6, 6.07) is 10.6. The van der Waals surface area contributed by atoms with E-state index < -0.39 is 21.8 Å². The van der Waals surface area contributed by atoms with Crippen LogP contribution < -0.4 is 0 Å². The Labute approximate surface area is 163 Å². The van der Waals surface area contributed by atoms with Crippen molar-refractivity contribution >= 4 is 10.0 Å². The Bertz CT molecular complexity index is 950. The number of benzene rings is 2. The summed E-state index contributed by atoms with van der Waals surface area (Å²) in [5, 5.41) is 0. The zero-order valence-electron chi connectivity index (χ0n) is 15.8. The van der Waals surface area contributed by atoms with Gasteiger partial charge in [0, 0.05) is 32.7 Å². The second-order valence-corrected chi connectivity index (χ2v) is 9.05. The second-order valence-electron chi connectivity index (χ2n) is 7.15. The molecular weight excluding hydrogens is 389 g/mol. The molecule has 8 heteroatoms. The molecule has 4 nitrogen and oxygen atoms in total. The third kappa shape index (κ3) is 4.56. The molecule has 1 aliphatic rings. The van der Waals surface area contributed by atoms with Crippen molar-refractivity contribution in [1.29, 1.82) is 0 Å². The summed E-state index contributed by atoms with van der Waals surface area (Å²) in [5.41, 5.74) is 1.49. The molecule has 3 rings (SSSR count). The van der Waals surface area contributed by atoms with Crippen LogP contribution in [0.5, 0.6) is 0 Å². The Morgan fingerprint density at radius 1 is 0.964 bits per heavy atom. The van der Waals surface area contributed by atoms with Gasteiger partial charge in [0.2, 0.25) is 10.0 Å². The van der Waals surface area contributed by atoms with Crippen LogP contribution in [0.15, 0.2) is 47.4 Å². The second kappa shape index (κ2) is 7.85. The summed E-state index contributed by atoms with van der Waals surface area (Å²) >= 11 is 0. The number of sulfonamides is 1. The first-order chi connectivity index (χ1) is 13.1. The predicted octanol–water partition coefficient (Wildman–Crippen LogP) is 3.83. The van der Waals surface area contributed by atoms with Crippen molar-refractivity contribution in [2.24, 2.45) is 0 Å². The fourth-order valence-electron chi connectivity index (χ4n) is 3.36. The highest BCUT2D eigenvalue weighted by molar-refractivity contribution is 7.89. The van der Waals surface area contributed by atoms with Gasteiger partial charge in [-0.25, -0.2) is 8.42 Å². The fraction of sp³-hybridized carbons (Fsp3) is 0.400. The molecule has 0 aromatic heterocycles. The van der Waals surface area contributed by atoms with Crippen molar-refractivity contribution in [3.63, 3.8) is 0 Å². The van der Waals surface area contributed by atoms with Gasteiger partial charge >= 0.3 is 6.18 Å². The lowest BCUT2D eigenvalue weighted by Gasteiger charge is -2.34. The third-order valence-corrected chi connectivity index (χ3v) is 6.99. The van der Waals surface area contributed by atoms with Gasteiger partial charge in [-0.15, -0.1) is 0 Å². The van der Waals surface area contributed by atoms with Crippen molar-refractivity contribution < 1.29 is 21.6 Å². The number of hydrogen-bond donors (Lipinski definition) is 0. The van der Waals surface area contributed by atoms with E-state index in [9.17, 15) is 21.6 Å². The fourth-order valence-corrected chi connectivity index (χ4v) is 5.09. The quantitative estimate of drug-likeness (QED) is 0.767. The lowest BCUT2D eigenvalue weighted by Crippen LogP contribution is -2.48. The van der Waals surface area contributed by atoms with Gasteiger partial charge < -0.3 is 0 Å². The molecule has 0 radical (unpaired) electrons. The minimum atomic E-state index is -4.37. The summed E-state index contributed by atoms with van der Waals surface area (Å²) in [4.78, 5) is 2.30. The van der Waals surface area contributed by atoms with E-state index >= 15 is 0 Å². The van der Waals surface area contributed by atoms with E-state index in [1.807, 2.05) is 17.9 Å². The maximum atomic E-state index is 13.0. The summed E-state index contributed by atoms with van der Waals surface area (Å²) < 4.78 is 66.0. The van der Waals surface area contributed by atoms with Gasteiger partial charge in [-0.05, 0) is 42.7 Å². The Hall–Kier alpha value is -1.90. The number of hydrogen-bond acceptors (Lipinski definition) is 3. The Morgan fingerprint density at radius 3 is 2.29 bits per heavy atom. The van der Waals surface area contributed by atoms with E-state index in [4.69, 9.17) is 0 Å². The standard InChI is InChI=1S/C20H23F3N2O2S/c1-15-6-7-16(2)19(12-15)28(26,27)25-10-8-24(9-11-25)14-17-4-3-5-18(13-17)20(21,22)23/h3-7,12-13H,8-11,14H2,1-2H3. The van der Waals surface area contributed by atoms with Crippen molar-refractivity contribution in [3.05, 3.63) is 64.7 Å². The first-order valence-electron chi connectivity index (χ1n) is 9.03. The minimum Gasteiger partial charge on any atom is -0.296 e. The number of alkyl halides is 3. The highest BCUT2D eigenvalue weighted by atomic mass is 32.2. The van der Waals surface area contributed by atoms with Crippen LogP contribution in [0.1, 0.15) is 22.3 Å². The van der Waals surface area contributed by atoms with Crippen LogP contribution in [0.3, 0.4) is 0 Å². The van der Waals surface area contributed by atoms with Crippen molar-refractivity contribution in [3.8, 4) is 0 Å². The molecule has 0 spiro atoms. The minimum absolute atomic E-state index is 0.314. The van der Waals surface area contributed by atoms with Crippen molar-refractivity contribution in [2.75, 3.05) is 26.2 Å². The summed E-state index contributed by atoms with van der Waals surface area (Å²) in [7, 11) is -3.58. The molecule has 1 aliphatic heterocycles. The summed E-state index contributed by atoms with van der Waals surface area (Å²) in [5.74, 6) is 0. The smallest absolute Gasteiger partial charge is 0.296 e. The van der Waals surface area contributed by atoms with Crippen molar-refractivity contribution in [1.82, 2.24) is 9.21 Å². The molecule has 28 heavy (non-hydrogen) atoms. The van der Waals surface area contributed by atoms with Crippen molar-refractivity contribution in [2.45, 2.75) is 31.5 Å². The van der Waals surface area contributed by atoms with Gasteiger partial charge in [0.1, 0.15) is 0 Å². The molecule has 1 saturated heterocycles. The third-order valence-electron chi connectivity index (χ3n) is 4.95. The maximum Gasteiger partial charge on any atom is 0.416 e. The highest BCUT2D eigenvalue weighted by Gasteiger charge is 2.32. The molecule has 0 atom stereocenters. The molecule has 2 aromatic rings. The normalized spacial score (nSPS) is 17.0. The first kappa shape index (κ1) is 20.8. The summed E-state index contributed by atoms with van der Waals surface area (Å²) in [6.45, 7) is 5.56. The molecule has 0 bridgehead atoms. The van der Waals surface area contributed by atoms with E-state index in [0.29, 0.717) is 48.7 Å². The van der Waals surface area contributed by atoms with Crippen LogP contribution in [0.25, 0.3) is 0 Å². The number of halogens is 3. The maximum absolute atomic E-state index is 13.0. The molecule has 1 fully saturated rings. The number of rotatable bonds is 4. The molecule has 0 unspecified atom stereocenters. The van der Waals surface area contributed by atoms with Crippen LogP contribution in [0.2, 0.25) is 0 Å². The average molecular weight is 412 g/mol. The molecular formula is C20H23F3N2O2S. The predicted molar refractivity (Wildman–Crippen MR) is 101 cm³/mol. The molecule has 152 valence electrons. The first-order valence-corrected chi connectivity index (χ1v) is 10.5. The molecule has 0 N–H and O–H groups in total. The molecule has 0 amide bonds. The van der Waals surface area contributed by atoms with Gasteiger partial charge in [0.25, 0.3) is 0 Å². The van der Waals surface area contributed by atoms with Crippen LogP contribution in [0.4, 0.5) is 13.2 Å². The van der Waals surface area contributed by atoms with Gasteiger partial charge in [0.05, 0.1) is 10.5 Å². The molecule has 2 aromatic carbocycles. The Morgan fingerprint density at radius 2 is 1.64 bits per heavy atom. The van der Waals surface area contributed by atoms with Crippen LogP contribution in [-0.2, 0) is 22.7 Å². The lowest BCUT2D eigenvalue weighted by atomic mass is 10.1. The monoisotopic (exact) mass is 412 g/mol. The van der Waals surface area contributed by atoms with E-state index in [-0.39, 0.29) is 0 Å². The van der Waals surface area contributed by atoms with Crippen LogP contribution in [-0.4, -0.2) is 43.8 Å². The highest BCUT2D eigenvalue weighted by Crippen LogP contribution is 2.30. The number of piperazine rings is 1. The Balaban J connectivity index is 1.67. The summed E-state index contributed by atoms with van der Waals surface area (Å²) in [6.07, 6.45) is -4.37. The largest absolute Gasteiger partial charge is 0.416 e. The van der Waals surface area contributed by atoms with Crippen LogP contribution >= 0.6 is 0 Å². The number of nitrogens with zero attached hydrogens (tertiary/aromatic N) is 2. The number of aryl methyl sites for hydroxylation is 2.